The van der Waals surface area contributed by atoms with Gasteiger partial charge >= 0.3 is 11.9 Å². The van der Waals surface area contributed by atoms with Crippen molar-refractivity contribution < 1.29 is 19.8 Å². The number of hydrogen-bond donors (Lipinski definition) is 2. The second-order valence-electron chi connectivity index (χ2n) is 8.90. The molecule has 0 aliphatic heterocycles. The Kier molecular flexibility index (Phi) is 18.5. The van der Waals surface area contributed by atoms with E-state index in [0.717, 1.165) is 37.5 Å². The van der Waals surface area contributed by atoms with Gasteiger partial charge in [-0.3, -0.25) is 9.59 Å². The smallest absolute Gasteiger partial charge is 0.303 e. The molecule has 0 fully saturated rings. The van der Waals surface area contributed by atoms with Gasteiger partial charge in [-0.2, -0.15) is 0 Å². The van der Waals surface area contributed by atoms with Crippen LogP contribution in [0.2, 0.25) is 0 Å². The fourth-order valence-electron chi connectivity index (χ4n) is 3.81. The largest absolute Gasteiger partial charge is 0.481 e. The fourth-order valence-corrected chi connectivity index (χ4v) is 3.81. The normalized spacial score (nSPS) is 13.4. The van der Waals surface area contributed by atoms with Gasteiger partial charge in [-0.15, -0.1) is 0 Å². The van der Waals surface area contributed by atoms with Crippen LogP contribution in [0.3, 0.4) is 0 Å². The van der Waals surface area contributed by atoms with Crippen molar-refractivity contribution in [2.24, 2.45) is 11.8 Å². The lowest BCUT2D eigenvalue weighted by Crippen LogP contribution is -2.01. The van der Waals surface area contributed by atoms with Crippen LogP contribution < -0.4 is 0 Å². The predicted octanol–water partition coefficient (Wildman–Crippen LogP) is 7.45. The summed E-state index contributed by atoms with van der Waals surface area (Å²) in [5, 5.41) is 17.2. The molecule has 0 amide bonds. The highest BCUT2D eigenvalue weighted by molar-refractivity contribution is 5.66. The second-order valence-corrected chi connectivity index (χ2v) is 8.90. The maximum atomic E-state index is 10.4. The van der Waals surface area contributed by atoms with Gasteiger partial charge in [0.25, 0.3) is 0 Å². The van der Waals surface area contributed by atoms with Gasteiger partial charge in [0.2, 0.25) is 0 Å². The van der Waals surface area contributed by atoms with Crippen LogP contribution in [0.15, 0.2) is 0 Å². The lowest BCUT2D eigenvalue weighted by atomic mass is 9.91. The number of aliphatic carboxylic acids is 2. The van der Waals surface area contributed by atoms with Crippen molar-refractivity contribution in [2.75, 3.05) is 0 Å². The summed E-state index contributed by atoms with van der Waals surface area (Å²) in [5.74, 6) is 0.305. The Bertz CT molecular complexity index is 345. The molecule has 0 rings (SSSR count). The monoisotopic (exact) mass is 398 g/mol. The van der Waals surface area contributed by atoms with E-state index in [0.29, 0.717) is 12.8 Å². The lowest BCUT2D eigenvalue weighted by molar-refractivity contribution is -0.138. The Morgan fingerprint density at radius 3 is 1.11 bits per heavy atom. The Morgan fingerprint density at radius 2 is 0.786 bits per heavy atom. The van der Waals surface area contributed by atoms with Gasteiger partial charge in [0.05, 0.1) is 0 Å². The van der Waals surface area contributed by atoms with Gasteiger partial charge in [-0.25, -0.2) is 0 Å². The molecular formula is C24H46O4. The van der Waals surface area contributed by atoms with E-state index in [1.807, 2.05) is 0 Å². The summed E-state index contributed by atoms with van der Waals surface area (Å²) in [7, 11) is 0. The van der Waals surface area contributed by atoms with E-state index in [9.17, 15) is 9.59 Å². The predicted molar refractivity (Wildman–Crippen MR) is 117 cm³/mol. The summed E-state index contributed by atoms with van der Waals surface area (Å²) in [5.41, 5.74) is 0. The number of rotatable bonds is 21. The zero-order chi connectivity index (χ0) is 21.0. The molecule has 166 valence electrons. The summed E-state index contributed by atoms with van der Waals surface area (Å²) < 4.78 is 0. The highest BCUT2D eigenvalue weighted by atomic mass is 16.4. The van der Waals surface area contributed by atoms with Gasteiger partial charge in [-0.05, 0) is 24.7 Å². The molecule has 28 heavy (non-hydrogen) atoms. The number of carbonyl (C=O) groups is 2. The Hall–Kier alpha value is -1.06. The highest BCUT2D eigenvalue weighted by Gasteiger charge is 2.07. The molecule has 0 heterocycles. The molecule has 4 heteroatoms. The zero-order valence-electron chi connectivity index (χ0n) is 18.6. The van der Waals surface area contributed by atoms with Crippen molar-refractivity contribution in [1.29, 1.82) is 0 Å². The van der Waals surface area contributed by atoms with Crippen LogP contribution in [-0.2, 0) is 9.59 Å². The molecule has 0 saturated heterocycles. The molecular weight excluding hydrogens is 352 g/mol. The van der Waals surface area contributed by atoms with Crippen LogP contribution >= 0.6 is 0 Å². The third kappa shape index (κ3) is 21.2. The quantitative estimate of drug-likeness (QED) is 0.197. The number of carboxylic acid groups (broad SMARTS) is 2. The van der Waals surface area contributed by atoms with E-state index >= 15 is 0 Å². The first-order chi connectivity index (χ1) is 13.4. The highest BCUT2D eigenvalue weighted by Crippen LogP contribution is 2.22. The van der Waals surface area contributed by atoms with E-state index in [-0.39, 0.29) is 0 Å². The Balaban J connectivity index is 3.35. The fraction of sp³-hybridized carbons (Fsp3) is 0.917. The van der Waals surface area contributed by atoms with E-state index in [1.165, 1.54) is 77.0 Å². The summed E-state index contributed by atoms with van der Waals surface area (Å²) in [6.07, 6.45) is 19.8. The SMILES string of the molecule is CC(CCCCCCCCC(=O)O)CCC(C)CCCCCCCCC(=O)O. The van der Waals surface area contributed by atoms with Gasteiger partial charge < -0.3 is 10.2 Å². The van der Waals surface area contributed by atoms with E-state index < -0.39 is 11.9 Å². The first-order valence-corrected chi connectivity index (χ1v) is 11.9. The maximum absolute atomic E-state index is 10.4. The van der Waals surface area contributed by atoms with Gasteiger partial charge in [-0.1, -0.05) is 104 Å². The Labute approximate surface area is 173 Å². The zero-order valence-corrected chi connectivity index (χ0v) is 18.6. The minimum Gasteiger partial charge on any atom is -0.481 e. The minimum absolute atomic E-state index is 0.321. The summed E-state index contributed by atoms with van der Waals surface area (Å²) in [6, 6.07) is 0. The summed E-state index contributed by atoms with van der Waals surface area (Å²) in [6.45, 7) is 4.77. The third-order valence-electron chi connectivity index (χ3n) is 5.83. The van der Waals surface area contributed by atoms with Gasteiger partial charge in [0.1, 0.15) is 0 Å². The molecule has 0 aromatic carbocycles. The van der Waals surface area contributed by atoms with Crippen molar-refractivity contribution in [3.8, 4) is 0 Å². The molecule has 4 nitrogen and oxygen atoms in total. The molecule has 0 radical (unpaired) electrons. The number of carboxylic acids is 2. The first-order valence-electron chi connectivity index (χ1n) is 11.9. The summed E-state index contributed by atoms with van der Waals surface area (Å²) >= 11 is 0. The average molecular weight is 399 g/mol. The molecule has 0 aromatic rings. The van der Waals surface area contributed by atoms with Crippen molar-refractivity contribution in [1.82, 2.24) is 0 Å². The van der Waals surface area contributed by atoms with Crippen LogP contribution in [-0.4, -0.2) is 22.2 Å². The topological polar surface area (TPSA) is 74.6 Å². The van der Waals surface area contributed by atoms with E-state index in [4.69, 9.17) is 10.2 Å². The van der Waals surface area contributed by atoms with Gasteiger partial charge in [0, 0.05) is 12.8 Å². The standard InChI is InChI=1S/C24H46O4/c1-21(15-11-7-3-5-9-13-17-23(25)26)19-20-22(2)16-12-8-4-6-10-14-18-24(27)28/h21-22H,3-20H2,1-2H3,(H,25,26)(H,27,28). The maximum Gasteiger partial charge on any atom is 0.303 e. The van der Waals surface area contributed by atoms with Crippen molar-refractivity contribution in [3.05, 3.63) is 0 Å². The molecule has 2 N–H and O–H groups in total. The molecule has 2 unspecified atom stereocenters. The van der Waals surface area contributed by atoms with Crippen LogP contribution in [0, 0.1) is 11.8 Å². The second kappa shape index (κ2) is 19.3. The van der Waals surface area contributed by atoms with Crippen molar-refractivity contribution in [3.63, 3.8) is 0 Å². The summed E-state index contributed by atoms with van der Waals surface area (Å²) in [4.78, 5) is 20.9. The van der Waals surface area contributed by atoms with Crippen molar-refractivity contribution >= 4 is 11.9 Å². The van der Waals surface area contributed by atoms with Crippen LogP contribution in [0.1, 0.15) is 129 Å². The molecule has 0 spiro atoms. The number of unbranched alkanes of at least 4 members (excludes halogenated alkanes) is 10. The lowest BCUT2D eigenvalue weighted by Gasteiger charge is -2.15. The van der Waals surface area contributed by atoms with Crippen LogP contribution in [0.4, 0.5) is 0 Å². The number of hydrogen-bond acceptors (Lipinski definition) is 2. The Morgan fingerprint density at radius 1 is 0.500 bits per heavy atom. The molecule has 0 aliphatic rings. The third-order valence-corrected chi connectivity index (χ3v) is 5.83. The van der Waals surface area contributed by atoms with Crippen LogP contribution in [0.25, 0.3) is 0 Å². The van der Waals surface area contributed by atoms with E-state index in [1.54, 1.807) is 0 Å². The first kappa shape index (κ1) is 26.9. The molecule has 0 bridgehead atoms. The van der Waals surface area contributed by atoms with Crippen molar-refractivity contribution in [2.45, 2.75) is 129 Å². The average Bonchev–Trinajstić information content (AvgIpc) is 2.63. The van der Waals surface area contributed by atoms with Crippen LogP contribution in [0.5, 0.6) is 0 Å². The van der Waals surface area contributed by atoms with E-state index in [2.05, 4.69) is 13.8 Å². The minimum atomic E-state index is -0.670. The molecule has 0 aliphatic carbocycles. The molecule has 0 saturated carbocycles. The van der Waals surface area contributed by atoms with Gasteiger partial charge in [0.15, 0.2) is 0 Å². The molecule has 0 aromatic heterocycles. The molecule has 2 atom stereocenters.